The Labute approximate surface area is 148 Å². The molecule has 0 fully saturated rings. The summed E-state index contributed by atoms with van der Waals surface area (Å²) >= 11 is 0. The van der Waals surface area contributed by atoms with Crippen LogP contribution in [0.3, 0.4) is 0 Å². The lowest BCUT2D eigenvalue weighted by atomic mass is 10.2. The molecule has 8 nitrogen and oxygen atoms in total. The monoisotopic (exact) mass is 348 g/mol. The number of H-pyrrole nitrogens is 1. The molecule has 4 aromatic rings. The number of hydrogen-bond donors (Lipinski definition) is 3. The Balaban J connectivity index is 1.61. The predicted octanol–water partition coefficient (Wildman–Crippen LogP) is 3.41. The SMILES string of the molecule is Cc1cccc(Nc2ncc(C)c(Nc3ccc4oc(=O)[nH]c4c3)n2)n1. The van der Waals surface area contributed by atoms with Crippen molar-refractivity contribution in [3.8, 4) is 0 Å². The van der Waals surface area contributed by atoms with Gasteiger partial charge in [-0.1, -0.05) is 6.07 Å². The zero-order valence-electron chi connectivity index (χ0n) is 14.2. The number of benzene rings is 1. The maximum Gasteiger partial charge on any atom is 0.417 e. The quantitative estimate of drug-likeness (QED) is 0.518. The zero-order chi connectivity index (χ0) is 18.1. The van der Waals surface area contributed by atoms with Gasteiger partial charge in [-0.05, 0) is 44.2 Å². The standard InChI is InChI=1S/C18H16N6O2/c1-10-9-19-17(23-15-5-3-4-11(2)20-15)24-16(10)21-12-6-7-14-13(8-12)22-18(25)26-14/h3-9H,1-2H3,(H,22,25)(H2,19,20,21,23,24). The second-order valence-electron chi connectivity index (χ2n) is 5.86. The first-order chi connectivity index (χ1) is 12.6. The number of rotatable bonds is 4. The van der Waals surface area contributed by atoms with Gasteiger partial charge in [0.2, 0.25) is 5.95 Å². The lowest BCUT2D eigenvalue weighted by molar-refractivity contribution is 0.555. The first-order valence-corrected chi connectivity index (χ1v) is 8.01. The molecule has 3 N–H and O–H groups in total. The minimum atomic E-state index is -0.479. The van der Waals surface area contributed by atoms with E-state index in [9.17, 15) is 4.79 Å². The zero-order valence-corrected chi connectivity index (χ0v) is 14.2. The van der Waals surface area contributed by atoms with Gasteiger partial charge in [0.1, 0.15) is 11.6 Å². The fourth-order valence-electron chi connectivity index (χ4n) is 2.52. The summed E-state index contributed by atoms with van der Waals surface area (Å²) in [5.41, 5.74) is 3.69. The molecule has 0 aliphatic heterocycles. The van der Waals surface area contributed by atoms with Crippen LogP contribution in [0.15, 0.2) is 51.8 Å². The van der Waals surface area contributed by atoms with Gasteiger partial charge < -0.3 is 15.1 Å². The van der Waals surface area contributed by atoms with Crippen LogP contribution in [0.4, 0.5) is 23.3 Å². The fraction of sp³-hybridized carbons (Fsp3) is 0.111. The van der Waals surface area contributed by atoms with E-state index in [1.807, 2.05) is 38.1 Å². The number of pyridine rings is 1. The molecule has 0 amide bonds. The molecular weight excluding hydrogens is 332 g/mol. The van der Waals surface area contributed by atoms with E-state index < -0.39 is 5.76 Å². The van der Waals surface area contributed by atoms with Crippen molar-refractivity contribution in [2.24, 2.45) is 0 Å². The molecule has 3 heterocycles. The van der Waals surface area contributed by atoms with Gasteiger partial charge in [0.25, 0.3) is 0 Å². The van der Waals surface area contributed by atoms with E-state index in [0.717, 1.165) is 16.9 Å². The van der Waals surface area contributed by atoms with Gasteiger partial charge >= 0.3 is 5.76 Å². The van der Waals surface area contributed by atoms with Crippen LogP contribution >= 0.6 is 0 Å². The van der Waals surface area contributed by atoms with E-state index in [1.54, 1.807) is 18.3 Å². The third-order valence-corrected chi connectivity index (χ3v) is 3.78. The predicted molar refractivity (Wildman–Crippen MR) is 99.1 cm³/mol. The summed E-state index contributed by atoms with van der Waals surface area (Å²) in [6.45, 7) is 3.83. The van der Waals surface area contributed by atoms with Crippen LogP contribution in [0.1, 0.15) is 11.3 Å². The Morgan fingerprint density at radius 3 is 2.81 bits per heavy atom. The summed E-state index contributed by atoms with van der Waals surface area (Å²) in [5.74, 6) is 1.29. The van der Waals surface area contributed by atoms with Crippen molar-refractivity contribution in [2.45, 2.75) is 13.8 Å². The first kappa shape index (κ1) is 15.8. The lowest BCUT2D eigenvalue weighted by Gasteiger charge is -2.11. The molecule has 130 valence electrons. The Morgan fingerprint density at radius 1 is 1.08 bits per heavy atom. The highest BCUT2D eigenvalue weighted by Gasteiger charge is 2.07. The average molecular weight is 348 g/mol. The van der Waals surface area contributed by atoms with Crippen molar-refractivity contribution in [1.82, 2.24) is 19.9 Å². The molecule has 3 aromatic heterocycles. The number of fused-ring (bicyclic) bond motifs is 1. The maximum absolute atomic E-state index is 11.3. The van der Waals surface area contributed by atoms with Gasteiger partial charge in [-0.3, -0.25) is 4.98 Å². The molecule has 0 spiro atoms. The van der Waals surface area contributed by atoms with Crippen LogP contribution in [0.2, 0.25) is 0 Å². The van der Waals surface area contributed by atoms with Crippen molar-refractivity contribution in [1.29, 1.82) is 0 Å². The smallest absolute Gasteiger partial charge is 0.408 e. The normalized spacial score (nSPS) is 10.8. The Hall–Kier alpha value is -3.68. The first-order valence-electron chi connectivity index (χ1n) is 8.01. The molecular formula is C18H16N6O2. The lowest BCUT2D eigenvalue weighted by Crippen LogP contribution is -2.04. The summed E-state index contributed by atoms with van der Waals surface area (Å²) in [7, 11) is 0. The van der Waals surface area contributed by atoms with Crippen molar-refractivity contribution in [3.63, 3.8) is 0 Å². The minimum Gasteiger partial charge on any atom is -0.408 e. The van der Waals surface area contributed by atoms with Crippen LogP contribution in [-0.2, 0) is 0 Å². The van der Waals surface area contributed by atoms with Crippen molar-refractivity contribution in [2.75, 3.05) is 10.6 Å². The number of aromatic amines is 1. The Kier molecular flexibility index (Phi) is 3.85. The van der Waals surface area contributed by atoms with Gasteiger partial charge in [-0.25, -0.2) is 14.8 Å². The van der Waals surface area contributed by atoms with Crippen LogP contribution in [0.25, 0.3) is 11.1 Å². The van der Waals surface area contributed by atoms with E-state index in [2.05, 4.69) is 30.6 Å². The number of aryl methyl sites for hydroxylation is 2. The topological polar surface area (TPSA) is 109 Å². The number of oxazole rings is 1. The van der Waals surface area contributed by atoms with Crippen LogP contribution in [-0.4, -0.2) is 19.9 Å². The highest BCUT2D eigenvalue weighted by Crippen LogP contribution is 2.23. The van der Waals surface area contributed by atoms with E-state index >= 15 is 0 Å². The second-order valence-corrected chi connectivity index (χ2v) is 5.86. The molecule has 0 atom stereocenters. The molecule has 0 saturated heterocycles. The van der Waals surface area contributed by atoms with Crippen LogP contribution in [0, 0.1) is 13.8 Å². The number of aromatic nitrogens is 4. The fourth-order valence-corrected chi connectivity index (χ4v) is 2.52. The van der Waals surface area contributed by atoms with E-state index in [-0.39, 0.29) is 0 Å². The van der Waals surface area contributed by atoms with E-state index in [4.69, 9.17) is 4.42 Å². The van der Waals surface area contributed by atoms with Crippen LogP contribution in [0.5, 0.6) is 0 Å². The number of hydrogen-bond acceptors (Lipinski definition) is 7. The third-order valence-electron chi connectivity index (χ3n) is 3.78. The summed E-state index contributed by atoms with van der Waals surface area (Å²) in [4.78, 5) is 27.1. The number of nitrogens with zero attached hydrogens (tertiary/aromatic N) is 3. The largest absolute Gasteiger partial charge is 0.417 e. The highest BCUT2D eigenvalue weighted by atomic mass is 16.4. The van der Waals surface area contributed by atoms with Gasteiger partial charge in [-0.2, -0.15) is 4.98 Å². The second kappa shape index (κ2) is 6.32. The minimum absolute atomic E-state index is 0.439. The van der Waals surface area contributed by atoms with Gasteiger partial charge in [-0.15, -0.1) is 0 Å². The molecule has 0 unspecified atom stereocenters. The summed E-state index contributed by atoms with van der Waals surface area (Å²) in [6.07, 6.45) is 1.73. The molecule has 0 radical (unpaired) electrons. The number of anilines is 4. The molecule has 0 bridgehead atoms. The summed E-state index contributed by atoms with van der Waals surface area (Å²) < 4.78 is 5.01. The van der Waals surface area contributed by atoms with Crippen molar-refractivity contribution in [3.05, 3.63) is 64.4 Å². The van der Waals surface area contributed by atoms with Gasteiger partial charge in [0.15, 0.2) is 5.58 Å². The molecule has 0 aliphatic carbocycles. The maximum atomic E-state index is 11.3. The summed E-state index contributed by atoms with van der Waals surface area (Å²) in [5, 5.41) is 6.33. The van der Waals surface area contributed by atoms with Gasteiger partial charge in [0.05, 0.1) is 5.52 Å². The highest BCUT2D eigenvalue weighted by molar-refractivity contribution is 5.78. The third kappa shape index (κ3) is 3.25. The van der Waals surface area contributed by atoms with E-state index in [0.29, 0.717) is 28.7 Å². The molecule has 4 rings (SSSR count). The molecule has 26 heavy (non-hydrogen) atoms. The van der Waals surface area contributed by atoms with E-state index in [1.165, 1.54) is 0 Å². The molecule has 8 heteroatoms. The van der Waals surface area contributed by atoms with Gasteiger partial charge in [0, 0.05) is 23.1 Å². The molecule has 0 saturated carbocycles. The summed E-state index contributed by atoms with van der Waals surface area (Å²) in [6, 6.07) is 11.0. The van der Waals surface area contributed by atoms with Crippen LogP contribution < -0.4 is 16.4 Å². The average Bonchev–Trinajstić information content (AvgIpc) is 2.97. The Morgan fingerprint density at radius 2 is 1.96 bits per heavy atom. The number of nitrogens with one attached hydrogen (secondary N) is 3. The molecule has 0 aliphatic rings. The Bertz CT molecular complexity index is 1150. The van der Waals surface area contributed by atoms with Crippen molar-refractivity contribution < 1.29 is 4.42 Å². The molecule has 1 aromatic carbocycles. The van der Waals surface area contributed by atoms with Crippen molar-refractivity contribution >= 4 is 34.4 Å².